The van der Waals surface area contributed by atoms with Crippen molar-refractivity contribution in [1.82, 2.24) is 30.0 Å². The van der Waals surface area contributed by atoms with Crippen LogP contribution in [0.3, 0.4) is 0 Å². The van der Waals surface area contributed by atoms with Gasteiger partial charge in [-0.25, -0.2) is 4.68 Å². The first-order valence-electron chi connectivity index (χ1n) is 9.63. The summed E-state index contributed by atoms with van der Waals surface area (Å²) in [5, 5.41) is 12.6. The number of furan rings is 1. The van der Waals surface area contributed by atoms with Gasteiger partial charge in [0.25, 0.3) is 0 Å². The van der Waals surface area contributed by atoms with Crippen molar-refractivity contribution < 1.29 is 13.9 Å². The van der Waals surface area contributed by atoms with Crippen LogP contribution < -0.4 is 9.47 Å². The van der Waals surface area contributed by atoms with E-state index in [4.69, 9.17) is 13.9 Å². The number of benzene rings is 1. The summed E-state index contributed by atoms with van der Waals surface area (Å²) in [5.41, 5.74) is 0.979. The molecule has 154 valence electrons. The molecule has 1 aliphatic heterocycles. The van der Waals surface area contributed by atoms with Crippen LogP contribution in [0.2, 0.25) is 0 Å². The maximum absolute atomic E-state index is 5.75. The second kappa shape index (κ2) is 8.62. The fourth-order valence-electron chi connectivity index (χ4n) is 3.78. The maximum Gasteiger partial charge on any atom is 0.173 e. The summed E-state index contributed by atoms with van der Waals surface area (Å²) >= 11 is 0. The van der Waals surface area contributed by atoms with Crippen LogP contribution >= 0.6 is 0 Å². The average Bonchev–Trinajstić information content (AvgIpc) is 3.42. The molecule has 9 heteroatoms. The van der Waals surface area contributed by atoms with Gasteiger partial charge >= 0.3 is 0 Å². The van der Waals surface area contributed by atoms with Crippen LogP contribution in [0.5, 0.6) is 11.5 Å². The van der Waals surface area contributed by atoms with Gasteiger partial charge in [-0.15, -0.1) is 5.10 Å². The summed E-state index contributed by atoms with van der Waals surface area (Å²) in [7, 11) is 5.45. The van der Waals surface area contributed by atoms with Crippen molar-refractivity contribution in [2.45, 2.75) is 12.6 Å². The van der Waals surface area contributed by atoms with E-state index >= 15 is 0 Å². The molecule has 2 aromatic heterocycles. The van der Waals surface area contributed by atoms with Crippen LogP contribution in [-0.4, -0.2) is 77.5 Å². The molecule has 1 aromatic carbocycles. The molecule has 0 N–H and O–H groups in total. The average molecular weight is 398 g/mol. The molecule has 1 saturated heterocycles. The molecule has 0 aliphatic carbocycles. The van der Waals surface area contributed by atoms with Gasteiger partial charge in [-0.05, 0) is 35.7 Å². The Hall–Kier alpha value is -2.91. The number of likely N-dealkylation sites (N-methyl/N-ethyl adjacent to an activating group) is 1. The molecule has 0 spiro atoms. The Kier molecular flexibility index (Phi) is 5.77. The number of hydrogen-bond donors (Lipinski definition) is 0. The Morgan fingerprint density at radius 1 is 1.07 bits per heavy atom. The van der Waals surface area contributed by atoms with Crippen molar-refractivity contribution in [2.24, 2.45) is 0 Å². The third-order valence-electron chi connectivity index (χ3n) is 5.32. The predicted octanol–water partition coefficient (Wildman–Crippen LogP) is 1.67. The largest absolute Gasteiger partial charge is 0.493 e. The minimum atomic E-state index is -0.168. The molecule has 1 aliphatic rings. The van der Waals surface area contributed by atoms with Crippen LogP contribution in [-0.2, 0) is 6.54 Å². The highest BCUT2D eigenvalue weighted by Crippen LogP contribution is 2.39. The van der Waals surface area contributed by atoms with E-state index in [1.54, 1.807) is 25.2 Å². The van der Waals surface area contributed by atoms with E-state index in [-0.39, 0.29) is 6.04 Å². The summed E-state index contributed by atoms with van der Waals surface area (Å²) in [4.78, 5) is 4.71. The number of tetrazole rings is 1. The first-order valence-corrected chi connectivity index (χ1v) is 9.63. The Morgan fingerprint density at radius 3 is 2.59 bits per heavy atom. The molecule has 0 bridgehead atoms. The van der Waals surface area contributed by atoms with Crippen molar-refractivity contribution >= 4 is 0 Å². The van der Waals surface area contributed by atoms with Crippen molar-refractivity contribution in [3.63, 3.8) is 0 Å². The summed E-state index contributed by atoms with van der Waals surface area (Å²) in [6, 6.07) is 9.54. The van der Waals surface area contributed by atoms with Gasteiger partial charge in [-0.1, -0.05) is 12.1 Å². The number of aromatic nitrogens is 4. The molecule has 1 fully saturated rings. The molecular weight excluding hydrogens is 372 g/mol. The number of nitrogens with zero attached hydrogens (tertiary/aromatic N) is 6. The first-order chi connectivity index (χ1) is 14.2. The van der Waals surface area contributed by atoms with Crippen LogP contribution in [0.4, 0.5) is 0 Å². The molecule has 3 aromatic rings. The number of ether oxygens (including phenoxy) is 2. The second-order valence-electron chi connectivity index (χ2n) is 7.10. The number of piperazine rings is 1. The van der Waals surface area contributed by atoms with Gasteiger partial charge in [0, 0.05) is 31.7 Å². The van der Waals surface area contributed by atoms with E-state index < -0.39 is 0 Å². The minimum Gasteiger partial charge on any atom is -0.493 e. The molecule has 29 heavy (non-hydrogen) atoms. The highest BCUT2D eigenvalue weighted by Gasteiger charge is 2.33. The van der Waals surface area contributed by atoms with Gasteiger partial charge in [0.1, 0.15) is 18.3 Å². The van der Waals surface area contributed by atoms with Crippen molar-refractivity contribution in [2.75, 3.05) is 47.4 Å². The summed E-state index contributed by atoms with van der Waals surface area (Å²) in [5.74, 6) is 2.94. The molecular formula is C20H26N6O3. The van der Waals surface area contributed by atoms with Crippen LogP contribution in [0, 0.1) is 0 Å². The molecule has 1 atom stereocenters. The fraction of sp³-hybridized carbons (Fsp3) is 0.450. The highest BCUT2D eigenvalue weighted by atomic mass is 16.5. The van der Waals surface area contributed by atoms with E-state index in [2.05, 4.69) is 38.4 Å². The molecule has 0 unspecified atom stereocenters. The van der Waals surface area contributed by atoms with Gasteiger partial charge in [-0.3, -0.25) is 4.90 Å². The standard InChI is InChI=1S/C20H26N6O3/c1-24-9-11-25(12-10-24)18(16-7-4-8-17(27-2)19(16)28-3)20-21-22-23-26(20)14-15-6-5-13-29-15/h4-8,13,18H,9-12,14H2,1-3H3/t18-/m0/s1. The predicted molar refractivity (Wildman–Crippen MR) is 106 cm³/mol. The Labute approximate surface area is 169 Å². The highest BCUT2D eigenvalue weighted by molar-refractivity contribution is 5.49. The second-order valence-corrected chi connectivity index (χ2v) is 7.10. The Morgan fingerprint density at radius 2 is 1.90 bits per heavy atom. The topological polar surface area (TPSA) is 81.7 Å². The third kappa shape index (κ3) is 3.96. The van der Waals surface area contributed by atoms with E-state index in [9.17, 15) is 0 Å². The molecule has 0 saturated carbocycles. The first kappa shape index (κ1) is 19.4. The van der Waals surface area contributed by atoms with Crippen molar-refractivity contribution in [3.05, 3.63) is 53.7 Å². The zero-order valence-corrected chi connectivity index (χ0v) is 17.0. The van der Waals surface area contributed by atoms with Crippen LogP contribution in [0.25, 0.3) is 0 Å². The van der Waals surface area contributed by atoms with Crippen LogP contribution in [0.1, 0.15) is 23.2 Å². The monoisotopic (exact) mass is 398 g/mol. The molecule has 9 nitrogen and oxygen atoms in total. The Balaban J connectivity index is 1.78. The summed E-state index contributed by atoms with van der Waals surface area (Å²) in [6.45, 7) is 4.21. The minimum absolute atomic E-state index is 0.168. The lowest BCUT2D eigenvalue weighted by atomic mass is 10.0. The van der Waals surface area contributed by atoms with Crippen LogP contribution in [0.15, 0.2) is 41.0 Å². The normalized spacial score (nSPS) is 16.7. The molecule has 0 amide bonds. The van der Waals surface area contributed by atoms with E-state index in [0.29, 0.717) is 18.0 Å². The molecule has 0 radical (unpaired) electrons. The van der Waals surface area contributed by atoms with Gasteiger partial charge in [0.05, 0.1) is 20.5 Å². The van der Waals surface area contributed by atoms with Crippen molar-refractivity contribution in [1.29, 1.82) is 0 Å². The number of methoxy groups -OCH3 is 2. The third-order valence-corrected chi connectivity index (χ3v) is 5.32. The zero-order chi connectivity index (χ0) is 20.2. The zero-order valence-electron chi connectivity index (χ0n) is 17.0. The van der Waals surface area contributed by atoms with E-state index in [1.807, 2.05) is 24.3 Å². The van der Waals surface area contributed by atoms with Gasteiger partial charge < -0.3 is 18.8 Å². The number of rotatable bonds is 7. The van der Waals surface area contributed by atoms with E-state index in [1.165, 1.54) is 0 Å². The summed E-state index contributed by atoms with van der Waals surface area (Å²) in [6.07, 6.45) is 1.66. The lowest BCUT2D eigenvalue weighted by Gasteiger charge is -2.37. The van der Waals surface area contributed by atoms with Crippen molar-refractivity contribution in [3.8, 4) is 11.5 Å². The van der Waals surface area contributed by atoms with Gasteiger partial charge in [0.2, 0.25) is 0 Å². The number of para-hydroxylation sites is 1. The smallest absolute Gasteiger partial charge is 0.173 e. The Bertz CT molecular complexity index is 918. The fourth-order valence-corrected chi connectivity index (χ4v) is 3.78. The molecule has 4 rings (SSSR count). The lowest BCUT2D eigenvalue weighted by Crippen LogP contribution is -2.46. The quantitative estimate of drug-likeness (QED) is 0.595. The summed E-state index contributed by atoms with van der Waals surface area (Å²) < 4.78 is 18.6. The lowest BCUT2D eigenvalue weighted by molar-refractivity contribution is 0.120. The molecule has 3 heterocycles. The van der Waals surface area contributed by atoms with Gasteiger partial charge in [0.15, 0.2) is 17.3 Å². The van der Waals surface area contributed by atoms with E-state index in [0.717, 1.165) is 43.3 Å². The SMILES string of the molecule is COc1cccc([C@@H](c2nnnn2Cc2ccco2)N2CCN(C)CC2)c1OC. The van der Waals surface area contributed by atoms with Gasteiger partial charge in [-0.2, -0.15) is 0 Å². The number of hydrogen-bond acceptors (Lipinski definition) is 8. The maximum atomic E-state index is 5.75.